The summed E-state index contributed by atoms with van der Waals surface area (Å²) in [6.07, 6.45) is 34.0. The largest absolute Gasteiger partial charge is 0.455 e. The Morgan fingerprint density at radius 2 is 0.927 bits per heavy atom. The molecule has 0 aromatic carbocycles. The summed E-state index contributed by atoms with van der Waals surface area (Å²) in [4.78, 5) is 52.7. The Labute approximate surface area is 333 Å². The van der Waals surface area contributed by atoms with Gasteiger partial charge in [0.25, 0.3) is 5.56 Å². The van der Waals surface area contributed by atoms with Crippen LogP contribution in [0.2, 0.25) is 0 Å². The summed E-state index contributed by atoms with van der Waals surface area (Å²) in [5.74, 6) is -0.938. The quantitative estimate of drug-likeness (QED) is 0.0508. The molecule has 4 atom stereocenters. The van der Waals surface area contributed by atoms with Crippen molar-refractivity contribution in [2.45, 2.75) is 244 Å². The average molecular weight is 777 g/mol. The number of aliphatic hydroxyl groups excluding tert-OH is 1. The molecule has 1 aromatic heterocycles. The first-order valence-electron chi connectivity index (χ1n) is 22.9. The summed E-state index contributed by atoms with van der Waals surface area (Å²) in [5.41, 5.74) is -1.33. The maximum absolute atomic E-state index is 13.1. The lowest BCUT2D eigenvalue weighted by atomic mass is 10.0. The smallest absolute Gasteiger partial charge is 0.330 e. The van der Waals surface area contributed by atoms with Crippen LogP contribution in [0.15, 0.2) is 21.9 Å². The number of nitrogens with one attached hydrogen (secondary N) is 1. The Bertz CT molecular complexity index is 1220. The highest BCUT2D eigenvalue weighted by Crippen LogP contribution is 2.34. The van der Waals surface area contributed by atoms with Gasteiger partial charge in [-0.05, 0) is 12.8 Å². The van der Waals surface area contributed by atoms with Crippen molar-refractivity contribution >= 4 is 11.9 Å². The second-order valence-electron chi connectivity index (χ2n) is 16.1. The molecule has 0 unspecified atom stereocenters. The van der Waals surface area contributed by atoms with Crippen molar-refractivity contribution in [2.75, 3.05) is 6.61 Å². The average Bonchev–Trinajstić information content (AvgIpc) is 3.50. The molecular weight excluding hydrogens is 697 g/mol. The van der Waals surface area contributed by atoms with E-state index in [9.17, 15) is 24.3 Å². The zero-order valence-electron chi connectivity index (χ0n) is 35.1. The van der Waals surface area contributed by atoms with Gasteiger partial charge in [0.05, 0.1) is 6.61 Å². The van der Waals surface area contributed by atoms with Gasteiger partial charge in [0.15, 0.2) is 18.4 Å². The molecule has 1 aliphatic heterocycles. The first-order valence-corrected chi connectivity index (χ1v) is 22.9. The van der Waals surface area contributed by atoms with Crippen LogP contribution >= 0.6 is 0 Å². The number of aromatic nitrogens is 2. The number of nitrogens with zero attached hydrogens (tertiary/aromatic N) is 1. The van der Waals surface area contributed by atoms with Gasteiger partial charge in [-0.1, -0.05) is 194 Å². The summed E-state index contributed by atoms with van der Waals surface area (Å²) in [5, 5.41) is 10.1. The van der Waals surface area contributed by atoms with E-state index >= 15 is 0 Å². The first kappa shape index (κ1) is 48.7. The predicted molar refractivity (Wildman–Crippen MR) is 221 cm³/mol. The van der Waals surface area contributed by atoms with Crippen LogP contribution in [0.4, 0.5) is 0 Å². The van der Waals surface area contributed by atoms with Crippen molar-refractivity contribution in [3.8, 4) is 0 Å². The molecule has 2 N–H and O–H groups in total. The fourth-order valence-electron chi connectivity index (χ4n) is 7.68. The van der Waals surface area contributed by atoms with Crippen molar-refractivity contribution in [2.24, 2.45) is 0 Å². The van der Waals surface area contributed by atoms with Crippen molar-refractivity contribution in [1.29, 1.82) is 0 Å². The van der Waals surface area contributed by atoms with Gasteiger partial charge < -0.3 is 19.3 Å². The fourth-order valence-corrected chi connectivity index (χ4v) is 7.68. The Kier molecular flexibility index (Phi) is 28.9. The van der Waals surface area contributed by atoms with Gasteiger partial charge in [0.2, 0.25) is 0 Å². The Balaban J connectivity index is 1.71. The summed E-state index contributed by atoms with van der Waals surface area (Å²) in [7, 11) is 0. The number of unbranched alkanes of at least 4 members (excludes halogenated alkanes) is 28. The number of aromatic amines is 1. The molecule has 10 heteroatoms. The van der Waals surface area contributed by atoms with Gasteiger partial charge in [-0.3, -0.25) is 23.9 Å². The zero-order valence-corrected chi connectivity index (χ0v) is 35.1. The monoisotopic (exact) mass is 777 g/mol. The molecule has 55 heavy (non-hydrogen) atoms. The second-order valence-corrected chi connectivity index (χ2v) is 16.1. The second kappa shape index (κ2) is 32.6. The lowest BCUT2D eigenvalue weighted by Crippen LogP contribution is -2.42. The number of H-pyrrole nitrogens is 1. The molecule has 0 aliphatic carbocycles. The van der Waals surface area contributed by atoms with E-state index in [-0.39, 0.29) is 12.8 Å². The number of aliphatic hydroxyl groups is 1. The van der Waals surface area contributed by atoms with Crippen molar-refractivity contribution in [3.63, 3.8) is 0 Å². The third-order valence-corrected chi connectivity index (χ3v) is 11.1. The zero-order chi connectivity index (χ0) is 39.8. The molecule has 10 nitrogen and oxygen atoms in total. The van der Waals surface area contributed by atoms with Crippen LogP contribution in [-0.2, 0) is 23.8 Å². The van der Waals surface area contributed by atoms with Crippen LogP contribution in [0.3, 0.4) is 0 Å². The van der Waals surface area contributed by atoms with Crippen LogP contribution < -0.4 is 11.2 Å². The molecule has 0 bridgehead atoms. The molecule has 0 spiro atoms. The molecule has 2 heterocycles. The lowest BCUT2D eigenvalue weighted by Gasteiger charge is -2.24. The minimum atomic E-state index is -1.17. The Morgan fingerprint density at radius 1 is 0.582 bits per heavy atom. The highest BCUT2D eigenvalue weighted by Gasteiger charge is 2.50. The van der Waals surface area contributed by atoms with Crippen molar-refractivity contribution < 1.29 is 28.9 Å². The van der Waals surface area contributed by atoms with E-state index < -0.39 is 54.3 Å². The molecule has 2 rings (SSSR count). The molecule has 1 aliphatic rings. The lowest BCUT2D eigenvalue weighted by molar-refractivity contribution is -0.169. The van der Waals surface area contributed by atoms with E-state index in [0.29, 0.717) is 12.8 Å². The number of carbonyl (C=O) groups excluding carboxylic acids is 2. The van der Waals surface area contributed by atoms with E-state index in [1.54, 1.807) is 0 Å². The van der Waals surface area contributed by atoms with Crippen LogP contribution in [-0.4, -0.2) is 51.5 Å². The maximum atomic E-state index is 13.1. The Hall–Kier alpha value is -2.46. The highest BCUT2D eigenvalue weighted by atomic mass is 16.6. The number of esters is 2. The number of hydrogen-bond donors (Lipinski definition) is 2. The third-order valence-electron chi connectivity index (χ3n) is 11.1. The molecule has 1 saturated heterocycles. The van der Waals surface area contributed by atoms with E-state index in [0.717, 1.165) is 43.1 Å². The van der Waals surface area contributed by atoms with E-state index in [4.69, 9.17) is 14.2 Å². The standard InChI is InChI=1S/C45H80N2O8/c1-3-5-7-9-11-13-15-17-19-21-23-25-27-29-31-33-40(50)54-42-38(37-48)53-44(47-36-35-39(49)46-45(47)52)43(42)55-41(51)34-32-30-28-26-24-22-20-18-16-14-12-10-8-6-4-2/h35-36,38,42-44,48H,3-34,37H2,1-2H3,(H,46,49,52)/t38-,42-,43-,44-/m1/s1. The fraction of sp³-hybridized carbons (Fsp3) is 0.867. The number of carbonyl (C=O) groups is 2. The Morgan fingerprint density at radius 3 is 1.27 bits per heavy atom. The minimum Gasteiger partial charge on any atom is -0.455 e. The number of rotatable bonds is 36. The van der Waals surface area contributed by atoms with Gasteiger partial charge in [0.1, 0.15) is 6.10 Å². The van der Waals surface area contributed by atoms with Crippen LogP contribution in [0, 0.1) is 0 Å². The van der Waals surface area contributed by atoms with Crippen molar-refractivity contribution in [3.05, 3.63) is 33.1 Å². The molecule has 318 valence electrons. The van der Waals surface area contributed by atoms with Crippen molar-refractivity contribution in [1.82, 2.24) is 9.55 Å². The SMILES string of the molecule is CCCCCCCCCCCCCCCCCC(=O)O[C@@H]1[C@H](OC(=O)CCCCCCCCCCCCCCCCC)[C@@H](CO)O[C@H]1n1ccc(=O)[nH]c1=O. The van der Waals surface area contributed by atoms with Gasteiger partial charge in [-0.2, -0.15) is 0 Å². The van der Waals surface area contributed by atoms with E-state index in [1.165, 1.54) is 154 Å². The summed E-state index contributed by atoms with van der Waals surface area (Å²) < 4.78 is 18.7. The summed E-state index contributed by atoms with van der Waals surface area (Å²) in [6.45, 7) is 4.01. The molecular formula is C45H80N2O8. The number of ether oxygens (including phenoxy) is 3. The third kappa shape index (κ3) is 22.8. The first-order chi connectivity index (χ1) is 26.9. The minimum absolute atomic E-state index is 0.186. The van der Waals surface area contributed by atoms with Crippen LogP contribution in [0.25, 0.3) is 0 Å². The molecule has 1 aromatic rings. The van der Waals surface area contributed by atoms with E-state index in [2.05, 4.69) is 18.8 Å². The molecule has 1 fully saturated rings. The normalized spacial score (nSPS) is 18.2. The predicted octanol–water partition coefficient (Wildman–Crippen LogP) is 10.8. The van der Waals surface area contributed by atoms with Crippen LogP contribution in [0.5, 0.6) is 0 Å². The van der Waals surface area contributed by atoms with E-state index in [1.807, 2.05) is 0 Å². The maximum Gasteiger partial charge on any atom is 0.330 e. The summed E-state index contributed by atoms with van der Waals surface area (Å²) >= 11 is 0. The molecule has 0 saturated carbocycles. The van der Waals surface area contributed by atoms with Gasteiger partial charge >= 0.3 is 17.6 Å². The van der Waals surface area contributed by atoms with Crippen LogP contribution in [0.1, 0.15) is 226 Å². The number of hydrogen-bond acceptors (Lipinski definition) is 8. The van der Waals surface area contributed by atoms with Gasteiger partial charge in [-0.15, -0.1) is 0 Å². The highest BCUT2D eigenvalue weighted by molar-refractivity contribution is 5.70. The molecule has 0 amide bonds. The van der Waals surface area contributed by atoms with Gasteiger partial charge in [0, 0.05) is 25.1 Å². The molecule has 0 radical (unpaired) electrons. The summed E-state index contributed by atoms with van der Waals surface area (Å²) in [6, 6.07) is 1.17. The van der Waals surface area contributed by atoms with Gasteiger partial charge in [-0.25, -0.2) is 4.79 Å². The topological polar surface area (TPSA) is 137 Å².